The number of nitrogens with one attached hydrogen (secondary N) is 1. The van der Waals surface area contributed by atoms with Gasteiger partial charge in [-0.25, -0.2) is 13.8 Å². The Hall–Kier alpha value is -4.40. The van der Waals surface area contributed by atoms with Gasteiger partial charge in [-0.2, -0.15) is 0 Å². The van der Waals surface area contributed by atoms with Crippen LogP contribution in [-0.4, -0.2) is 27.7 Å². The fourth-order valence-corrected chi connectivity index (χ4v) is 3.83. The summed E-state index contributed by atoms with van der Waals surface area (Å²) in [6.07, 6.45) is 4.41. The molecule has 0 bridgehead atoms. The summed E-state index contributed by atoms with van der Waals surface area (Å²) in [5.74, 6) is -0.763. The van der Waals surface area contributed by atoms with Crippen LogP contribution in [0.15, 0.2) is 61.1 Å². The van der Waals surface area contributed by atoms with Crippen LogP contribution in [0.3, 0.4) is 0 Å². The van der Waals surface area contributed by atoms with Gasteiger partial charge in [-0.3, -0.25) is 14.8 Å². The van der Waals surface area contributed by atoms with Crippen molar-refractivity contribution in [3.63, 3.8) is 0 Å². The SMILES string of the molecule is Cc1cc(-c2cc(F)c(N)c(Cc3ccc(OCF)cc3)c2NC(=O)c2cnccn2)cc(C)n1. The first-order valence-corrected chi connectivity index (χ1v) is 10.8. The number of benzene rings is 2. The molecule has 0 unspecified atom stereocenters. The van der Waals surface area contributed by atoms with Crippen LogP contribution in [0.25, 0.3) is 11.1 Å². The molecule has 0 atom stereocenters. The van der Waals surface area contributed by atoms with E-state index in [1.807, 2.05) is 26.0 Å². The second kappa shape index (κ2) is 10.3. The van der Waals surface area contributed by atoms with E-state index in [4.69, 9.17) is 10.5 Å². The van der Waals surface area contributed by atoms with Crippen molar-refractivity contribution in [2.45, 2.75) is 20.3 Å². The first-order chi connectivity index (χ1) is 16.9. The third-order valence-electron chi connectivity index (χ3n) is 5.38. The number of halogens is 2. The summed E-state index contributed by atoms with van der Waals surface area (Å²) in [4.78, 5) is 25.4. The van der Waals surface area contributed by atoms with Crippen molar-refractivity contribution >= 4 is 17.3 Å². The third kappa shape index (κ3) is 5.40. The van der Waals surface area contributed by atoms with Crippen molar-refractivity contribution in [1.29, 1.82) is 0 Å². The van der Waals surface area contributed by atoms with Gasteiger partial charge < -0.3 is 15.8 Å². The van der Waals surface area contributed by atoms with Crippen LogP contribution in [0.2, 0.25) is 0 Å². The van der Waals surface area contributed by atoms with E-state index in [0.717, 1.165) is 17.0 Å². The van der Waals surface area contributed by atoms with Crippen LogP contribution in [0.5, 0.6) is 5.75 Å². The average Bonchev–Trinajstić information content (AvgIpc) is 2.84. The van der Waals surface area contributed by atoms with Gasteiger partial charge in [0.05, 0.1) is 17.6 Å². The molecular formula is C26H23F2N5O2. The largest absolute Gasteiger partial charge is 0.463 e. The van der Waals surface area contributed by atoms with Gasteiger partial charge in [-0.15, -0.1) is 0 Å². The normalized spacial score (nSPS) is 10.7. The van der Waals surface area contributed by atoms with Crippen LogP contribution in [0.1, 0.15) is 33.0 Å². The first-order valence-electron chi connectivity index (χ1n) is 10.8. The summed E-state index contributed by atoms with van der Waals surface area (Å²) in [5.41, 5.74) is 10.3. The Labute approximate surface area is 201 Å². The number of carbonyl (C=O) groups is 1. The minimum absolute atomic E-state index is 0.0882. The number of nitrogens with zero attached hydrogens (tertiary/aromatic N) is 3. The van der Waals surface area contributed by atoms with E-state index in [9.17, 15) is 9.18 Å². The molecule has 0 aliphatic rings. The number of nitrogens with two attached hydrogens (primary N) is 1. The fraction of sp³-hybridized carbons (Fsp3) is 0.154. The Morgan fingerprint density at radius 2 is 1.80 bits per heavy atom. The minimum atomic E-state index is -0.942. The zero-order valence-corrected chi connectivity index (χ0v) is 19.2. The highest BCUT2D eigenvalue weighted by atomic mass is 19.1. The summed E-state index contributed by atoms with van der Waals surface area (Å²) >= 11 is 0. The summed E-state index contributed by atoms with van der Waals surface area (Å²) in [6.45, 7) is 2.73. The standard InChI is InChI=1S/C26H23F2N5O2/c1-15-9-18(10-16(2)32-15)20-12-22(28)24(29)21(11-17-3-5-19(6-4-17)35-14-27)25(20)33-26(34)23-13-30-7-8-31-23/h3-10,12-13H,11,14,29H2,1-2H3,(H,33,34). The number of carbonyl (C=O) groups excluding carboxylic acids is 1. The zero-order chi connectivity index (χ0) is 24.9. The van der Waals surface area contributed by atoms with Gasteiger partial charge >= 0.3 is 0 Å². The molecular weight excluding hydrogens is 452 g/mol. The monoisotopic (exact) mass is 475 g/mol. The molecule has 4 rings (SSSR count). The molecule has 2 aromatic carbocycles. The number of ether oxygens (including phenoxy) is 1. The van der Waals surface area contributed by atoms with E-state index in [1.54, 1.807) is 24.3 Å². The maximum Gasteiger partial charge on any atom is 0.275 e. The quantitative estimate of drug-likeness (QED) is 0.364. The molecule has 178 valence electrons. The second-order valence-corrected chi connectivity index (χ2v) is 7.93. The number of amides is 1. The van der Waals surface area contributed by atoms with Crippen LogP contribution in [-0.2, 0) is 6.42 Å². The van der Waals surface area contributed by atoms with E-state index in [-0.39, 0.29) is 17.8 Å². The molecule has 0 aliphatic carbocycles. The van der Waals surface area contributed by atoms with Gasteiger partial charge in [0, 0.05) is 41.3 Å². The highest BCUT2D eigenvalue weighted by molar-refractivity contribution is 6.06. The predicted octanol–water partition coefficient (Wildman–Crippen LogP) is 5.03. The minimum Gasteiger partial charge on any atom is -0.463 e. The lowest BCUT2D eigenvalue weighted by Crippen LogP contribution is -2.17. The number of alkyl halides is 1. The Bertz CT molecular complexity index is 1340. The van der Waals surface area contributed by atoms with E-state index in [0.29, 0.717) is 28.1 Å². The smallest absolute Gasteiger partial charge is 0.275 e. The molecule has 3 N–H and O–H groups in total. The van der Waals surface area contributed by atoms with Gasteiger partial charge in [0.15, 0.2) is 0 Å². The number of aryl methyl sites for hydroxylation is 2. The summed E-state index contributed by atoms with van der Waals surface area (Å²) in [6, 6.07) is 11.6. The molecule has 1 amide bonds. The van der Waals surface area contributed by atoms with Crippen molar-refractivity contribution in [3.8, 4) is 16.9 Å². The highest BCUT2D eigenvalue weighted by Gasteiger charge is 2.21. The summed E-state index contributed by atoms with van der Waals surface area (Å²) < 4.78 is 32.4. The van der Waals surface area contributed by atoms with Gasteiger partial charge in [0.1, 0.15) is 17.3 Å². The van der Waals surface area contributed by atoms with Gasteiger partial charge in [0.25, 0.3) is 5.91 Å². The Balaban J connectivity index is 1.85. The van der Waals surface area contributed by atoms with Crippen molar-refractivity contribution in [2.75, 3.05) is 17.9 Å². The molecule has 0 spiro atoms. The topological polar surface area (TPSA) is 103 Å². The summed E-state index contributed by atoms with van der Waals surface area (Å²) in [7, 11) is 0. The maximum atomic E-state index is 15.1. The van der Waals surface area contributed by atoms with E-state index >= 15 is 4.39 Å². The number of anilines is 2. The van der Waals surface area contributed by atoms with Crippen LogP contribution in [0.4, 0.5) is 20.2 Å². The molecule has 0 radical (unpaired) electrons. The first kappa shape index (κ1) is 23.7. The molecule has 2 heterocycles. The number of pyridine rings is 1. The Morgan fingerprint density at radius 3 is 2.43 bits per heavy atom. The van der Waals surface area contributed by atoms with Crippen molar-refractivity contribution < 1.29 is 18.3 Å². The molecule has 7 nitrogen and oxygen atoms in total. The lowest BCUT2D eigenvalue weighted by atomic mass is 9.93. The fourth-order valence-electron chi connectivity index (χ4n) is 3.83. The average molecular weight is 475 g/mol. The van der Waals surface area contributed by atoms with Crippen LogP contribution in [0, 0.1) is 19.7 Å². The van der Waals surface area contributed by atoms with Gasteiger partial charge in [-0.1, -0.05) is 12.1 Å². The molecule has 2 aromatic heterocycles. The van der Waals surface area contributed by atoms with Crippen molar-refractivity contribution in [2.24, 2.45) is 0 Å². The number of rotatable bonds is 7. The van der Waals surface area contributed by atoms with Crippen LogP contribution < -0.4 is 15.8 Å². The molecule has 4 aromatic rings. The molecule has 0 saturated carbocycles. The van der Waals surface area contributed by atoms with Gasteiger partial charge in [0.2, 0.25) is 6.86 Å². The van der Waals surface area contributed by atoms with E-state index in [1.165, 1.54) is 24.7 Å². The van der Waals surface area contributed by atoms with Crippen molar-refractivity contribution in [1.82, 2.24) is 15.0 Å². The number of nitrogen functional groups attached to an aromatic ring is 1. The number of aromatic nitrogens is 3. The van der Waals surface area contributed by atoms with Gasteiger partial charge in [-0.05, 0) is 55.3 Å². The molecule has 35 heavy (non-hydrogen) atoms. The summed E-state index contributed by atoms with van der Waals surface area (Å²) in [5, 5.41) is 2.87. The molecule has 0 aliphatic heterocycles. The van der Waals surface area contributed by atoms with E-state index in [2.05, 4.69) is 20.3 Å². The molecule has 9 heteroatoms. The molecule has 0 fully saturated rings. The van der Waals surface area contributed by atoms with Crippen LogP contribution >= 0.6 is 0 Å². The second-order valence-electron chi connectivity index (χ2n) is 7.93. The predicted molar refractivity (Wildman–Crippen MR) is 129 cm³/mol. The lowest BCUT2D eigenvalue weighted by Gasteiger charge is -2.20. The van der Waals surface area contributed by atoms with Crippen molar-refractivity contribution in [3.05, 3.63) is 95.1 Å². The Morgan fingerprint density at radius 1 is 1.09 bits per heavy atom. The van der Waals surface area contributed by atoms with E-state index < -0.39 is 18.6 Å². The third-order valence-corrected chi connectivity index (χ3v) is 5.38. The number of hydrogen-bond donors (Lipinski definition) is 2. The maximum absolute atomic E-state index is 15.1. The highest BCUT2D eigenvalue weighted by Crippen LogP contribution is 2.38. The lowest BCUT2D eigenvalue weighted by molar-refractivity contribution is 0.102. The zero-order valence-electron chi connectivity index (χ0n) is 19.2. The molecule has 0 saturated heterocycles. The Kier molecular flexibility index (Phi) is 6.96. The number of hydrogen-bond acceptors (Lipinski definition) is 6.